The zero-order chi connectivity index (χ0) is 13.9. The second-order valence-corrected chi connectivity index (χ2v) is 6.03. The van der Waals surface area contributed by atoms with Crippen LogP contribution in [0.3, 0.4) is 0 Å². The molecular weight excluding hydrogens is 268 g/mol. The Morgan fingerprint density at radius 1 is 1.40 bits per heavy atom. The summed E-state index contributed by atoms with van der Waals surface area (Å²) in [6.45, 7) is 1.51. The first-order valence-corrected chi connectivity index (χ1v) is 7.58. The molecule has 0 unspecified atom stereocenters. The monoisotopic (exact) mass is 288 g/mol. The molecule has 0 radical (unpaired) electrons. The summed E-state index contributed by atoms with van der Waals surface area (Å²) in [6.07, 6.45) is 9.23. The number of hydrogen-bond acceptors (Lipinski definition) is 3. The molecule has 0 aromatic carbocycles. The van der Waals surface area contributed by atoms with Crippen molar-refractivity contribution in [3.63, 3.8) is 0 Å². The third-order valence-electron chi connectivity index (χ3n) is 3.98. The van der Waals surface area contributed by atoms with Crippen LogP contribution in [0.2, 0.25) is 0 Å². The summed E-state index contributed by atoms with van der Waals surface area (Å²) in [5.74, 6) is 0. The predicted octanol–water partition coefficient (Wildman–Crippen LogP) is 2.37. The molecule has 2 heterocycles. The zero-order valence-electron chi connectivity index (χ0n) is 11.5. The van der Waals surface area contributed by atoms with Gasteiger partial charge in [0.25, 0.3) is 0 Å². The van der Waals surface area contributed by atoms with Crippen molar-refractivity contribution in [3.05, 3.63) is 36.3 Å². The molecule has 0 saturated heterocycles. The smallest absolute Gasteiger partial charge is 0.137 e. The van der Waals surface area contributed by atoms with Gasteiger partial charge < -0.3 is 10.1 Å². The van der Waals surface area contributed by atoms with Gasteiger partial charge >= 0.3 is 0 Å². The van der Waals surface area contributed by atoms with Crippen LogP contribution in [0, 0.1) is 0 Å². The van der Waals surface area contributed by atoms with E-state index >= 15 is 0 Å². The number of rotatable bonds is 5. The number of fused-ring (bicyclic) bond motifs is 1. The fourth-order valence-corrected chi connectivity index (χ4v) is 3.22. The first-order chi connectivity index (χ1) is 9.72. The van der Waals surface area contributed by atoms with Crippen LogP contribution in [-0.4, -0.2) is 31.9 Å². The van der Waals surface area contributed by atoms with E-state index in [0.29, 0.717) is 17.6 Å². The van der Waals surface area contributed by atoms with Crippen molar-refractivity contribution >= 4 is 22.9 Å². The fraction of sp³-hybridized carbons (Fsp3) is 0.467. The van der Waals surface area contributed by atoms with E-state index in [9.17, 15) is 0 Å². The van der Waals surface area contributed by atoms with Crippen molar-refractivity contribution in [3.8, 4) is 0 Å². The molecule has 1 aliphatic rings. The number of nitrogens with two attached hydrogens (primary N) is 1. The lowest BCUT2D eigenvalue weighted by Gasteiger charge is -2.27. The minimum Gasteiger partial charge on any atom is -0.392 e. The minimum atomic E-state index is 0.570. The van der Waals surface area contributed by atoms with E-state index in [0.717, 1.165) is 17.9 Å². The van der Waals surface area contributed by atoms with Gasteiger partial charge in [-0.25, -0.2) is 4.98 Å². The Morgan fingerprint density at radius 2 is 2.20 bits per heavy atom. The fourth-order valence-electron chi connectivity index (χ4n) is 3.06. The Bertz CT molecular complexity index is 568. The van der Waals surface area contributed by atoms with Crippen molar-refractivity contribution in [2.75, 3.05) is 6.54 Å². The Kier molecular flexibility index (Phi) is 3.98. The van der Waals surface area contributed by atoms with E-state index in [1.54, 1.807) is 0 Å². The number of pyridine rings is 1. The maximum Gasteiger partial charge on any atom is 0.137 e. The molecule has 5 heteroatoms. The normalized spacial score (nSPS) is 16.2. The maximum absolute atomic E-state index is 5.75. The molecule has 0 amide bonds. The number of thiocarbonyl (C=S) groups is 1. The molecule has 3 rings (SSSR count). The molecule has 2 aromatic heterocycles. The van der Waals surface area contributed by atoms with Gasteiger partial charge in [0.15, 0.2) is 0 Å². The van der Waals surface area contributed by atoms with Crippen molar-refractivity contribution in [1.29, 1.82) is 0 Å². The lowest BCUT2D eigenvalue weighted by Crippen LogP contribution is -2.38. The second-order valence-electron chi connectivity index (χ2n) is 5.51. The van der Waals surface area contributed by atoms with Crippen LogP contribution in [0.25, 0.3) is 5.65 Å². The predicted molar refractivity (Wildman–Crippen MR) is 84.6 cm³/mol. The van der Waals surface area contributed by atoms with E-state index in [1.807, 2.05) is 24.4 Å². The number of hydrogen-bond donors (Lipinski definition) is 1. The average Bonchev–Trinajstić information content (AvgIpc) is 3.06. The van der Waals surface area contributed by atoms with Gasteiger partial charge in [0, 0.05) is 31.5 Å². The largest absolute Gasteiger partial charge is 0.392 e. The number of aromatic nitrogens is 2. The Morgan fingerprint density at radius 3 is 2.90 bits per heavy atom. The highest BCUT2D eigenvalue weighted by molar-refractivity contribution is 7.80. The summed E-state index contributed by atoms with van der Waals surface area (Å²) < 4.78 is 2.06. The molecule has 2 N–H and O–H groups in total. The molecule has 0 bridgehead atoms. The standard InChI is InChI=1S/C15H20N4S/c16-14(20)11-19(13-5-1-2-6-13)10-12-9-18-8-4-3-7-15(18)17-12/h3-4,7-9,13H,1-2,5-6,10-11H2,(H2,16,20). The highest BCUT2D eigenvalue weighted by Gasteiger charge is 2.23. The Labute approximate surface area is 124 Å². The summed E-state index contributed by atoms with van der Waals surface area (Å²) in [5.41, 5.74) is 7.83. The van der Waals surface area contributed by atoms with E-state index in [2.05, 4.69) is 20.5 Å². The molecule has 1 fully saturated rings. The lowest BCUT2D eigenvalue weighted by atomic mass is 10.2. The summed E-state index contributed by atoms with van der Waals surface area (Å²) in [7, 11) is 0. The van der Waals surface area contributed by atoms with E-state index < -0.39 is 0 Å². The van der Waals surface area contributed by atoms with Crippen molar-refractivity contribution < 1.29 is 0 Å². The maximum atomic E-state index is 5.75. The van der Waals surface area contributed by atoms with E-state index in [4.69, 9.17) is 18.0 Å². The van der Waals surface area contributed by atoms with Crippen LogP contribution in [0.1, 0.15) is 31.4 Å². The highest BCUT2D eigenvalue weighted by Crippen LogP contribution is 2.24. The van der Waals surface area contributed by atoms with Gasteiger partial charge in [-0.3, -0.25) is 4.90 Å². The van der Waals surface area contributed by atoms with Crippen LogP contribution in [-0.2, 0) is 6.54 Å². The summed E-state index contributed by atoms with van der Waals surface area (Å²) in [6, 6.07) is 6.65. The first kappa shape index (κ1) is 13.5. The summed E-state index contributed by atoms with van der Waals surface area (Å²) >= 11 is 5.10. The third-order valence-corrected chi connectivity index (χ3v) is 4.11. The van der Waals surface area contributed by atoms with Gasteiger partial charge in [0.1, 0.15) is 5.65 Å². The molecular formula is C15H20N4S. The SMILES string of the molecule is NC(=S)CN(Cc1cn2ccccc2n1)C1CCCC1. The average molecular weight is 288 g/mol. The van der Waals surface area contributed by atoms with Gasteiger partial charge in [-0.05, 0) is 25.0 Å². The van der Waals surface area contributed by atoms with Gasteiger partial charge in [-0.15, -0.1) is 0 Å². The van der Waals surface area contributed by atoms with Crippen LogP contribution < -0.4 is 5.73 Å². The molecule has 4 nitrogen and oxygen atoms in total. The van der Waals surface area contributed by atoms with Gasteiger partial charge in [-0.1, -0.05) is 31.1 Å². The molecule has 1 aliphatic carbocycles. The minimum absolute atomic E-state index is 0.570. The first-order valence-electron chi connectivity index (χ1n) is 7.17. The zero-order valence-corrected chi connectivity index (χ0v) is 12.4. The van der Waals surface area contributed by atoms with Crippen LogP contribution in [0.4, 0.5) is 0 Å². The Balaban J connectivity index is 1.78. The highest BCUT2D eigenvalue weighted by atomic mass is 32.1. The summed E-state index contributed by atoms with van der Waals surface area (Å²) in [5, 5.41) is 0. The molecule has 1 saturated carbocycles. The molecule has 0 aliphatic heterocycles. The van der Waals surface area contributed by atoms with Gasteiger partial charge in [-0.2, -0.15) is 0 Å². The topological polar surface area (TPSA) is 46.6 Å². The lowest BCUT2D eigenvalue weighted by molar-refractivity contribution is 0.216. The van der Waals surface area contributed by atoms with Gasteiger partial charge in [0.2, 0.25) is 0 Å². The van der Waals surface area contributed by atoms with Crippen molar-refractivity contribution in [2.24, 2.45) is 5.73 Å². The van der Waals surface area contributed by atoms with Crippen LogP contribution in [0.5, 0.6) is 0 Å². The molecule has 20 heavy (non-hydrogen) atoms. The third kappa shape index (κ3) is 2.99. The second kappa shape index (κ2) is 5.89. The van der Waals surface area contributed by atoms with Crippen molar-refractivity contribution in [1.82, 2.24) is 14.3 Å². The molecule has 0 spiro atoms. The molecule has 0 atom stereocenters. The molecule has 2 aromatic rings. The van der Waals surface area contributed by atoms with Gasteiger partial charge in [0.05, 0.1) is 10.7 Å². The number of nitrogens with zero attached hydrogens (tertiary/aromatic N) is 3. The molecule has 106 valence electrons. The van der Waals surface area contributed by atoms with E-state index in [-0.39, 0.29) is 0 Å². The quantitative estimate of drug-likeness (QED) is 0.858. The van der Waals surface area contributed by atoms with Crippen molar-refractivity contribution in [2.45, 2.75) is 38.3 Å². The van der Waals surface area contributed by atoms with Crippen LogP contribution in [0.15, 0.2) is 30.6 Å². The Hall–Kier alpha value is -1.46. The van der Waals surface area contributed by atoms with E-state index in [1.165, 1.54) is 25.7 Å². The number of imidazole rings is 1. The van der Waals surface area contributed by atoms with Crippen LogP contribution >= 0.6 is 12.2 Å². The summed E-state index contributed by atoms with van der Waals surface area (Å²) in [4.78, 5) is 7.62.